The highest BCUT2D eigenvalue weighted by Crippen LogP contribution is 2.06. The average molecular weight is 376 g/mol. The lowest BCUT2D eigenvalue weighted by atomic mass is 10.0. The molecule has 10 heteroatoms. The highest BCUT2D eigenvalue weighted by atomic mass is 32.2. The maximum absolute atomic E-state index is 12.3. The summed E-state index contributed by atoms with van der Waals surface area (Å²) < 4.78 is 0. The largest absolute Gasteiger partial charge is 0.481 e. The Balaban J connectivity index is 4.99. The second-order valence-corrected chi connectivity index (χ2v) is 7.13. The molecule has 0 aliphatic heterocycles. The van der Waals surface area contributed by atoms with E-state index < -0.39 is 48.2 Å². The van der Waals surface area contributed by atoms with Crippen LogP contribution in [-0.2, 0) is 19.2 Å². The maximum atomic E-state index is 12.3. The van der Waals surface area contributed by atoms with E-state index in [1.807, 2.05) is 20.1 Å². The minimum Gasteiger partial charge on any atom is -0.481 e. The Labute approximate surface area is 151 Å². The fourth-order valence-corrected chi connectivity index (χ4v) is 2.52. The van der Waals surface area contributed by atoms with Crippen molar-refractivity contribution in [2.45, 2.75) is 51.2 Å². The predicted molar refractivity (Wildman–Crippen MR) is 95.7 cm³/mol. The summed E-state index contributed by atoms with van der Waals surface area (Å²) in [4.78, 5) is 46.8. The summed E-state index contributed by atoms with van der Waals surface area (Å²) in [5.41, 5.74) is 11.0. The molecule has 0 aliphatic rings. The fraction of sp³-hybridized carbons (Fsp3) is 0.733. The molecule has 3 atom stereocenters. The van der Waals surface area contributed by atoms with Crippen molar-refractivity contribution in [2.75, 3.05) is 12.0 Å². The molecule has 25 heavy (non-hydrogen) atoms. The van der Waals surface area contributed by atoms with Crippen LogP contribution >= 0.6 is 11.8 Å². The van der Waals surface area contributed by atoms with Crippen LogP contribution in [0.2, 0.25) is 0 Å². The van der Waals surface area contributed by atoms with Gasteiger partial charge in [0.05, 0.1) is 12.5 Å². The first kappa shape index (κ1) is 23.2. The topological polar surface area (TPSA) is 165 Å². The number of carboxylic acids is 1. The molecule has 0 radical (unpaired) electrons. The lowest BCUT2D eigenvalue weighted by Gasteiger charge is -2.23. The van der Waals surface area contributed by atoms with Gasteiger partial charge in [-0.3, -0.25) is 19.2 Å². The van der Waals surface area contributed by atoms with Gasteiger partial charge in [-0.1, -0.05) is 13.8 Å². The zero-order valence-corrected chi connectivity index (χ0v) is 15.6. The number of amides is 3. The van der Waals surface area contributed by atoms with E-state index >= 15 is 0 Å². The lowest BCUT2D eigenvalue weighted by molar-refractivity contribution is -0.141. The molecule has 0 rings (SSSR count). The molecule has 0 bridgehead atoms. The Morgan fingerprint density at radius 3 is 2.08 bits per heavy atom. The molecule has 7 N–H and O–H groups in total. The molecule has 0 unspecified atom stereocenters. The molecule has 0 fully saturated rings. The molecule has 0 aromatic carbocycles. The smallest absolute Gasteiger partial charge is 0.305 e. The molecule has 9 nitrogen and oxygen atoms in total. The van der Waals surface area contributed by atoms with E-state index in [-0.39, 0.29) is 5.92 Å². The second-order valence-electron chi connectivity index (χ2n) is 6.14. The van der Waals surface area contributed by atoms with Crippen molar-refractivity contribution >= 4 is 35.5 Å². The van der Waals surface area contributed by atoms with Gasteiger partial charge >= 0.3 is 5.97 Å². The van der Waals surface area contributed by atoms with E-state index in [9.17, 15) is 19.2 Å². The van der Waals surface area contributed by atoms with Crippen LogP contribution in [0.25, 0.3) is 0 Å². The summed E-state index contributed by atoms with van der Waals surface area (Å²) in [7, 11) is 0. The summed E-state index contributed by atoms with van der Waals surface area (Å²) >= 11 is 1.52. The molecule has 0 saturated carbocycles. The van der Waals surface area contributed by atoms with E-state index in [0.29, 0.717) is 18.6 Å². The first-order valence-corrected chi connectivity index (χ1v) is 9.34. The number of rotatable bonds is 12. The van der Waals surface area contributed by atoms with Gasteiger partial charge in [0, 0.05) is 0 Å². The van der Waals surface area contributed by atoms with Crippen molar-refractivity contribution in [1.82, 2.24) is 10.6 Å². The van der Waals surface area contributed by atoms with Crippen molar-refractivity contribution in [3.8, 4) is 0 Å². The Morgan fingerprint density at radius 1 is 1.08 bits per heavy atom. The molecular weight excluding hydrogens is 348 g/mol. The van der Waals surface area contributed by atoms with Gasteiger partial charge in [-0.05, 0) is 30.8 Å². The van der Waals surface area contributed by atoms with Crippen LogP contribution in [0.1, 0.15) is 33.1 Å². The number of hydrogen-bond donors (Lipinski definition) is 5. The third-order valence-corrected chi connectivity index (χ3v) is 3.99. The highest BCUT2D eigenvalue weighted by molar-refractivity contribution is 7.98. The number of hydrogen-bond acceptors (Lipinski definition) is 6. The molecule has 0 aliphatic carbocycles. The number of nitrogens with two attached hydrogens (primary N) is 2. The van der Waals surface area contributed by atoms with Gasteiger partial charge < -0.3 is 27.2 Å². The standard InChI is InChI=1S/C15H28N4O5S/c1-8(2)6-10(13(17)22)18-15(24)11(7-12(20)21)19-14(23)9(16)4-5-25-3/h8-11H,4-7,16H2,1-3H3,(H2,17,22)(H,18,24)(H,19,23)(H,20,21)/t9-,10+,11-/m0/s1. The van der Waals surface area contributed by atoms with E-state index in [1.165, 1.54) is 11.8 Å². The number of carbonyl (C=O) groups excluding carboxylic acids is 3. The lowest BCUT2D eigenvalue weighted by Crippen LogP contribution is -2.56. The van der Waals surface area contributed by atoms with Crippen LogP contribution < -0.4 is 22.1 Å². The predicted octanol–water partition coefficient (Wildman–Crippen LogP) is -0.957. The zero-order valence-electron chi connectivity index (χ0n) is 14.8. The van der Waals surface area contributed by atoms with Gasteiger partial charge in [-0.25, -0.2) is 0 Å². The number of carboxylic acid groups (broad SMARTS) is 1. The number of primary amides is 1. The maximum Gasteiger partial charge on any atom is 0.305 e. The van der Waals surface area contributed by atoms with Crippen molar-refractivity contribution in [3.05, 3.63) is 0 Å². The third-order valence-electron chi connectivity index (χ3n) is 3.35. The molecule has 0 saturated heterocycles. The van der Waals surface area contributed by atoms with Gasteiger partial charge in [0.2, 0.25) is 17.7 Å². The van der Waals surface area contributed by atoms with Crippen molar-refractivity contribution < 1.29 is 24.3 Å². The van der Waals surface area contributed by atoms with Crippen LogP contribution in [0.3, 0.4) is 0 Å². The number of nitrogens with one attached hydrogen (secondary N) is 2. The van der Waals surface area contributed by atoms with Crippen LogP contribution in [0.5, 0.6) is 0 Å². The molecule has 0 aromatic heterocycles. The number of aliphatic carboxylic acids is 1. The normalized spacial score (nSPS) is 14.4. The van der Waals surface area contributed by atoms with Crippen molar-refractivity contribution in [2.24, 2.45) is 17.4 Å². The Kier molecular flexibility index (Phi) is 10.8. The molecule has 0 aromatic rings. The number of carbonyl (C=O) groups is 4. The SMILES string of the molecule is CSCC[C@H](N)C(=O)N[C@@H](CC(=O)O)C(=O)N[C@H](CC(C)C)C(N)=O. The van der Waals surface area contributed by atoms with Gasteiger partial charge in [0.15, 0.2) is 0 Å². The van der Waals surface area contributed by atoms with Gasteiger partial charge in [0.1, 0.15) is 12.1 Å². The molecular formula is C15H28N4O5S. The van der Waals surface area contributed by atoms with Gasteiger partial charge in [0.25, 0.3) is 0 Å². The zero-order chi connectivity index (χ0) is 19.6. The minimum absolute atomic E-state index is 0.0882. The number of thioether (sulfide) groups is 1. The summed E-state index contributed by atoms with van der Waals surface area (Å²) in [6.45, 7) is 3.70. The van der Waals surface area contributed by atoms with Crippen LogP contribution in [-0.4, -0.2) is 58.9 Å². The second kappa shape index (κ2) is 11.7. The molecule has 144 valence electrons. The third kappa shape index (κ3) is 9.92. The molecule has 0 heterocycles. The Bertz CT molecular complexity index is 487. The monoisotopic (exact) mass is 376 g/mol. The summed E-state index contributed by atoms with van der Waals surface area (Å²) in [5.74, 6) is -2.64. The minimum atomic E-state index is -1.33. The first-order valence-electron chi connectivity index (χ1n) is 7.94. The van der Waals surface area contributed by atoms with Gasteiger partial charge in [-0.15, -0.1) is 0 Å². The molecule has 3 amide bonds. The Morgan fingerprint density at radius 2 is 1.64 bits per heavy atom. The highest BCUT2D eigenvalue weighted by Gasteiger charge is 2.29. The van der Waals surface area contributed by atoms with E-state index in [1.54, 1.807) is 0 Å². The van der Waals surface area contributed by atoms with Crippen LogP contribution in [0.15, 0.2) is 0 Å². The van der Waals surface area contributed by atoms with Gasteiger partial charge in [-0.2, -0.15) is 11.8 Å². The summed E-state index contributed by atoms with van der Waals surface area (Å²) in [6, 6.07) is -3.12. The molecule has 0 spiro atoms. The summed E-state index contributed by atoms with van der Waals surface area (Å²) in [5, 5.41) is 13.7. The van der Waals surface area contributed by atoms with E-state index in [4.69, 9.17) is 16.6 Å². The van der Waals surface area contributed by atoms with Crippen molar-refractivity contribution in [1.29, 1.82) is 0 Å². The van der Waals surface area contributed by atoms with Crippen LogP contribution in [0.4, 0.5) is 0 Å². The first-order chi connectivity index (χ1) is 11.6. The fourth-order valence-electron chi connectivity index (χ4n) is 2.03. The Hall–Kier alpha value is -1.81. The quantitative estimate of drug-likeness (QED) is 0.293. The summed E-state index contributed by atoms with van der Waals surface area (Å²) in [6.07, 6.45) is 1.94. The average Bonchev–Trinajstić information content (AvgIpc) is 2.49. The van der Waals surface area contributed by atoms with E-state index in [2.05, 4.69) is 10.6 Å². The van der Waals surface area contributed by atoms with Crippen LogP contribution in [0, 0.1) is 5.92 Å². The van der Waals surface area contributed by atoms with E-state index in [0.717, 1.165) is 0 Å². The van der Waals surface area contributed by atoms with Crippen molar-refractivity contribution in [3.63, 3.8) is 0 Å².